The summed E-state index contributed by atoms with van der Waals surface area (Å²) in [5.74, 6) is 0.351. The van der Waals surface area contributed by atoms with Crippen molar-refractivity contribution in [2.45, 2.75) is 39.7 Å². The van der Waals surface area contributed by atoms with Gasteiger partial charge in [-0.2, -0.15) is 0 Å². The number of benzene rings is 2. The van der Waals surface area contributed by atoms with Crippen molar-refractivity contribution in [2.75, 3.05) is 11.9 Å². The molecule has 1 saturated carbocycles. The molecule has 2 amide bonds. The van der Waals surface area contributed by atoms with E-state index in [0.29, 0.717) is 17.3 Å². The lowest BCUT2D eigenvalue weighted by molar-refractivity contribution is -0.118. The zero-order valence-electron chi connectivity index (χ0n) is 15.4. The van der Waals surface area contributed by atoms with Crippen molar-refractivity contribution in [3.63, 3.8) is 0 Å². The summed E-state index contributed by atoms with van der Waals surface area (Å²) in [4.78, 5) is 24.3. The molecule has 5 heteroatoms. The second-order valence-electron chi connectivity index (χ2n) is 6.87. The lowest BCUT2D eigenvalue weighted by Gasteiger charge is -2.13. The summed E-state index contributed by atoms with van der Waals surface area (Å²) < 4.78 is 5.68. The maximum atomic E-state index is 12.2. The summed E-state index contributed by atoms with van der Waals surface area (Å²) in [6.07, 6.45) is 2.08. The predicted molar refractivity (Wildman–Crippen MR) is 102 cm³/mol. The molecule has 1 aliphatic carbocycles. The molecule has 2 aromatic rings. The maximum Gasteiger partial charge on any atom is 0.262 e. The van der Waals surface area contributed by atoms with Crippen LogP contribution >= 0.6 is 0 Å². The van der Waals surface area contributed by atoms with Crippen LogP contribution in [0.5, 0.6) is 5.75 Å². The zero-order valence-corrected chi connectivity index (χ0v) is 15.4. The predicted octanol–water partition coefficient (Wildman–Crippen LogP) is 3.52. The van der Waals surface area contributed by atoms with Crippen LogP contribution in [0.2, 0.25) is 0 Å². The summed E-state index contributed by atoms with van der Waals surface area (Å²) in [5.41, 5.74) is 4.38. The van der Waals surface area contributed by atoms with Crippen molar-refractivity contribution in [3.05, 3.63) is 58.7 Å². The molecule has 0 spiro atoms. The Morgan fingerprint density at radius 1 is 1.12 bits per heavy atom. The molecule has 0 heterocycles. The maximum absolute atomic E-state index is 12.2. The molecule has 0 aromatic heterocycles. The highest BCUT2D eigenvalue weighted by molar-refractivity contribution is 5.97. The molecule has 0 saturated heterocycles. The van der Waals surface area contributed by atoms with Crippen LogP contribution in [0.25, 0.3) is 0 Å². The zero-order chi connectivity index (χ0) is 18.7. The van der Waals surface area contributed by atoms with E-state index >= 15 is 0 Å². The van der Waals surface area contributed by atoms with E-state index in [-0.39, 0.29) is 18.4 Å². The molecule has 2 aromatic carbocycles. The number of carbonyl (C=O) groups is 2. The fourth-order valence-corrected chi connectivity index (χ4v) is 2.73. The van der Waals surface area contributed by atoms with Crippen molar-refractivity contribution in [3.8, 4) is 5.75 Å². The molecule has 0 atom stereocenters. The van der Waals surface area contributed by atoms with Crippen molar-refractivity contribution in [2.24, 2.45) is 0 Å². The summed E-state index contributed by atoms with van der Waals surface area (Å²) in [7, 11) is 0. The van der Waals surface area contributed by atoms with E-state index in [4.69, 9.17) is 4.74 Å². The molecule has 1 aliphatic rings. The van der Waals surface area contributed by atoms with Crippen LogP contribution < -0.4 is 15.4 Å². The molecule has 0 aliphatic heterocycles. The second-order valence-corrected chi connectivity index (χ2v) is 6.87. The van der Waals surface area contributed by atoms with Gasteiger partial charge in [-0.3, -0.25) is 9.59 Å². The van der Waals surface area contributed by atoms with Gasteiger partial charge in [0.2, 0.25) is 0 Å². The van der Waals surface area contributed by atoms with E-state index in [2.05, 4.69) is 16.7 Å². The van der Waals surface area contributed by atoms with E-state index in [1.54, 1.807) is 24.3 Å². The largest absolute Gasteiger partial charge is 0.483 e. The number of hydrogen-bond acceptors (Lipinski definition) is 3. The van der Waals surface area contributed by atoms with E-state index < -0.39 is 0 Å². The van der Waals surface area contributed by atoms with Gasteiger partial charge in [-0.1, -0.05) is 12.1 Å². The van der Waals surface area contributed by atoms with Gasteiger partial charge >= 0.3 is 0 Å². The molecule has 2 N–H and O–H groups in total. The first kappa shape index (κ1) is 18.0. The Hall–Kier alpha value is -2.82. The van der Waals surface area contributed by atoms with Gasteiger partial charge in [0.15, 0.2) is 6.61 Å². The summed E-state index contributed by atoms with van der Waals surface area (Å²) in [5, 5.41) is 5.72. The highest BCUT2D eigenvalue weighted by atomic mass is 16.5. The summed E-state index contributed by atoms with van der Waals surface area (Å²) >= 11 is 0. The Balaban J connectivity index is 1.59. The first-order chi connectivity index (χ1) is 12.4. The minimum absolute atomic E-state index is 0.0811. The summed E-state index contributed by atoms with van der Waals surface area (Å²) in [6, 6.07) is 11.2. The van der Waals surface area contributed by atoms with Crippen molar-refractivity contribution < 1.29 is 14.3 Å². The fraction of sp³-hybridized carbons (Fsp3) is 0.333. The van der Waals surface area contributed by atoms with Crippen LogP contribution in [0.15, 0.2) is 36.4 Å². The third-order valence-electron chi connectivity index (χ3n) is 4.44. The number of carbonyl (C=O) groups excluding carboxylic acids is 2. The normalized spacial score (nSPS) is 13.2. The van der Waals surface area contributed by atoms with Crippen LogP contribution in [0, 0.1) is 20.8 Å². The quantitative estimate of drug-likeness (QED) is 0.836. The highest BCUT2D eigenvalue weighted by Gasteiger charge is 2.23. The van der Waals surface area contributed by atoms with E-state index in [9.17, 15) is 9.59 Å². The average molecular weight is 352 g/mol. The Kier molecular flexibility index (Phi) is 5.26. The van der Waals surface area contributed by atoms with Crippen LogP contribution in [-0.2, 0) is 4.79 Å². The van der Waals surface area contributed by atoms with Gasteiger partial charge in [0, 0.05) is 17.3 Å². The van der Waals surface area contributed by atoms with Gasteiger partial charge in [-0.15, -0.1) is 0 Å². The van der Waals surface area contributed by atoms with E-state index in [0.717, 1.165) is 35.3 Å². The standard InChI is InChI=1S/C21H24N2O3/c1-13-9-14(2)15(3)19(10-13)26-12-20(24)22-18-6-4-5-16(11-18)21(25)23-17-7-8-17/h4-6,9-11,17H,7-8,12H2,1-3H3,(H,22,24)(H,23,25). The number of anilines is 1. The molecular weight excluding hydrogens is 328 g/mol. The van der Waals surface area contributed by atoms with Gasteiger partial charge in [0.1, 0.15) is 5.75 Å². The molecule has 0 unspecified atom stereocenters. The molecule has 0 radical (unpaired) electrons. The first-order valence-electron chi connectivity index (χ1n) is 8.84. The lowest BCUT2D eigenvalue weighted by Crippen LogP contribution is -2.25. The molecule has 3 rings (SSSR count). The highest BCUT2D eigenvalue weighted by Crippen LogP contribution is 2.23. The SMILES string of the molecule is Cc1cc(C)c(C)c(OCC(=O)Nc2cccc(C(=O)NC3CC3)c2)c1. The topological polar surface area (TPSA) is 67.4 Å². The van der Waals surface area contributed by atoms with Crippen LogP contribution in [0.3, 0.4) is 0 Å². The van der Waals surface area contributed by atoms with Crippen LogP contribution in [0.1, 0.15) is 39.9 Å². The minimum atomic E-state index is -0.261. The van der Waals surface area contributed by atoms with Crippen molar-refractivity contribution in [1.29, 1.82) is 0 Å². The number of ether oxygens (including phenoxy) is 1. The molecule has 136 valence electrons. The Labute approximate surface area is 153 Å². The fourth-order valence-electron chi connectivity index (χ4n) is 2.73. The van der Waals surface area contributed by atoms with Crippen LogP contribution in [0.4, 0.5) is 5.69 Å². The van der Waals surface area contributed by atoms with Gasteiger partial charge in [-0.25, -0.2) is 0 Å². The Morgan fingerprint density at radius 2 is 1.88 bits per heavy atom. The van der Waals surface area contributed by atoms with Crippen molar-refractivity contribution >= 4 is 17.5 Å². The van der Waals surface area contributed by atoms with E-state index in [1.807, 2.05) is 26.8 Å². The van der Waals surface area contributed by atoms with Crippen molar-refractivity contribution in [1.82, 2.24) is 5.32 Å². The first-order valence-corrected chi connectivity index (χ1v) is 8.84. The van der Waals surface area contributed by atoms with Gasteiger partial charge in [-0.05, 0) is 74.6 Å². The summed E-state index contributed by atoms with van der Waals surface area (Å²) in [6.45, 7) is 5.91. The molecule has 0 bridgehead atoms. The number of amides is 2. The molecule has 26 heavy (non-hydrogen) atoms. The Morgan fingerprint density at radius 3 is 2.62 bits per heavy atom. The average Bonchev–Trinajstić information content (AvgIpc) is 3.41. The molecule has 1 fully saturated rings. The monoisotopic (exact) mass is 352 g/mol. The second kappa shape index (κ2) is 7.60. The number of nitrogens with one attached hydrogen (secondary N) is 2. The molecule has 5 nitrogen and oxygen atoms in total. The van der Waals surface area contributed by atoms with Gasteiger partial charge in [0.05, 0.1) is 0 Å². The van der Waals surface area contributed by atoms with Gasteiger partial charge in [0.25, 0.3) is 11.8 Å². The van der Waals surface area contributed by atoms with Gasteiger partial charge < -0.3 is 15.4 Å². The Bertz CT molecular complexity index is 841. The number of hydrogen-bond donors (Lipinski definition) is 2. The smallest absolute Gasteiger partial charge is 0.262 e. The number of aryl methyl sites for hydroxylation is 2. The lowest BCUT2D eigenvalue weighted by atomic mass is 10.1. The molecular formula is C21H24N2O3. The third kappa shape index (κ3) is 4.63. The van der Waals surface area contributed by atoms with E-state index in [1.165, 1.54) is 0 Å². The minimum Gasteiger partial charge on any atom is -0.483 e. The third-order valence-corrected chi connectivity index (χ3v) is 4.44. The van der Waals surface area contributed by atoms with Crippen LogP contribution in [-0.4, -0.2) is 24.5 Å². The number of rotatable bonds is 6.